The molecule has 6 heteroatoms. The first-order valence-corrected chi connectivity index (χ1v) is 9.09. The number of nitrogens with zero attached hydrogens (tertiary/aromatic N) is 1. The summed E-state index contributed by atoms with van der Waals surface area (Å²) in [6.07, 6.45) is 1.93. The average molecular weight is 302 g/mol. The fourth-order valence-corrected chi connectivity index (χ4v) is 5.14. The van der Waals surface area contributed by atoms with Gasteiger partial charge in [-0.2, -0.15) is 4.31 Å². The summed E-state index contributed by atoms with van der Waals surface area (Å²) in [4.78, 5) is 1.07. The molecule has 0 radical (unpaired) electrons. The number of sulfonamides is 1. The van der Waals surface area contributed by atoms with Gasteiger partial charge in [-0.05, 0) is 37.4 Å². The van der Waals surface area contributed by atoms with Crippen molar-refractivity contribution >= 4 is 21.4 Å². The molecule has 1 aliphatic heterocycles. The first-order chi connectivity index (χ1) is 9.04. The molecule has 1 aromatic rings. The molecule has 19 heavy (non-hydrogen) atoms. The van der Waals surface area contributed by atoms with Crippen molar-refractivity contribution in [3.8, 4) is 0 Å². The zero-order valence-corrected chi connectivity index (χ0v) is 13.2. The number of hydrogen-bond donors (Lipinski definition) is 1. The summed E-state index contributed by atoms with van der Waals surface area (Å²) < 4.78 is 27.1. The Bertz CT molecular complexity index is 502. The van der Waals surface area contributed by atoms with Crippen molar-refractivity contribution in [2.24, 2.45) is 5.92 Å². The van der Waals surface area contributed by atoms with Gasteiger partial charge in [0.15, 0.2) is 0 Å². The van der Waals surface area contributed by atoms with Gasteiger partial charge < -0.3 is 5.32 Å². The van der Waals surface area contributed by atoms with E-state index in [0.29, 0.717) is 23.2 Å². The first-order valence-electron chi connectivity index (χ1n) is 6.83. The van der Waals surface area contributed by atoms with E-state index in [2.05, 4.69) is 12.2 Å². The van der Waals surface area contributed by atoms with Crippen LogP contribution in [0.4, 0.5) is 0 Å². The maximum absolute atomic E-state index is 12.5. The minimum absolute atomic E-state index is 0.481. The third kappa shape index (κ3) is 3.56. The van der Waals surface area contributed by atoms with Crippen molar-refractivity contribution in [2.75, 3.05) is 19.6 Å². The standard InChI is InChI=1S/C13H22N2O2S2/c1-3-14-10-12-4-5-13(18-12)19(16,17)15-8-6-11(2)7-9-15/h4-5,11,14H,3,6-10H2,1-2H3. The molecule has 0 aliphatic carbocycles. The molecule has 0 aromatic carbocycles. The molecule has 0 atom stereocenters. The van der Waals surface area contributed by atoms with E-state index < -0.39 is 10.0 Å². The van der Waals surface area contributed by atoms with Gasteiger partial charge in [0, 0.05) is 24.5 Å². The average Bonchev–Trinajstić information content (AvgIpc) is 2.86. The van der Waals surface area contributed by atoms with E-state index in [1.165, 1.54) is 11.3 Å². The molecule has 0 spiro atoms. The van der Waals surface area contributed by atoms with Gasteiger partial charge in [0.05, 0.1) is 0 Å². The van der Waals surface area contributed by atoms with Gasteiger partial charge in [-0.3, -0.25) is 0 Å². The SMILES string of the molecule is CCNCc1ccc(S(=O)(=O)N2CCC(C)CC2)s1. The summed E-state index contributed by atoms with van der Waals surface area (Å²) in [6.45, 7) is 7.18. The second kappa shape index (κ2) is 6.35. The Morgan fingerprint density at radius 1 is 1.37 bits per heavy atom. The lowest BCUT2D eigenvalue weighted by Gasteiger charge is -2.28. The monoisotopic (exact) mass is 302 g/mol. The number of piperidine rings is 1. The largest absolute Gasteiger partial charge is 0.312 e. The Hall–Kier alpha value is -0.430. The lowest BCUT2D eigenvalue weighted by Crippen LogP contribution is -2.37. The smallest absolute Gasteiger partial charge is 0.252 e. The van der Waals surface area contributed by atoms with Crippen LogP contribution in [0.2, 0.25) is 0 Å². The van der Waals surface area contributed by atoms with Crippen LogP contribution >= 0.6 is 11.3 Å². The van der Waals surface area contributed by atoms with E-state index in [1.54, 1.807) is 10.4 Å². The first kappa shape index (κ1) is 15.0. The second-order valence-electron chi connectivity index (χ2n) is 5.09. The normalized spacial score (nSPS) is 18.8. The summed E-state index contributed by atoms with van der Waals surface area (Å²) >= 11 is 1.38. The molecule has 0 bridgehead atoms. The van der Waals surface area contributed by atoms with Crippen molar-refractivity contribution in [2.45, 2.75) is 37.4 Å². The lowest BCUT2D eigenvalue weighted by molar-refractivity contribution is 0.288. The number of rotatable bonds is 5. The third-order valence-electron chi connectivity index (χ3n) is 3.52. The fraction of sp³-hybridized carbons (Fsp3) is 0.692. The molecule has 2 heterocycles. The fourth-order valence-electron chi connectivity index (χ4n) is 2.19. The Balaban J connectivity index is 2.08. The molecule has 1 saturated heterocycles. The van der Waals surface area contributed by atoms with Gasteiger partial charge in [0.25, 0.3) is 10.0 Å². The summed E-state index contributed by atoms with van der Waals surface area (Å²) in [7, 11) is -3.27. The van der Waals surface area contributed by atoms with Crippen molar-refractivity contribution in [3.63, 3.8) is 0 Å². The van der Waals surface area contributed by atoms with Crippen LogP contribution in [0.25, 0.3) is 0 Å². The van der Waals surface area contributed by atoms with Crippen LogP contribution in [0.3, 0.4) is 0 Å². The van der Waals surface area contributed by atoms with E-state index in [0.717, 1.165) is 30.8 Å². The van der Waals surface area contributed by atoms with Crippen LogP contribution in [0.5, 0.6) is 0 Å². The van der Waals surface area contributed by atoms with E-state index in [-0.39, 0.29) is 0 Å². The van der Waals surface area contributed by atoms with Gasteiger partial charge in [0.2, 0.25) is 0 Å². The summed E-state index contributed by atoms with van der Waals surface area (Å²) in [6, 6.07) is 3.65. The van der Waals surface area contributed by atoms with Crippen LogP contribution in [-0.4, -0.2) is 32.4 Å². The van der Waals surface area contributed by atoms with Crippen molar-refractivity contribution in [1.82, 2.24) is 9.62 Å². The Labute approximate surface area is 119 Å². The molecule has 0 unspecified atom stereocenters. The van der Waals surface area contributed by atoms with Gasteiger partial charge in [-0.25, -0.2) is 8.42 Å². The zero-order valence-electron chi connectivity index (χ0n) is 11.6. The number of nitrogens with one attached hydrogen (secondary N) is 1. The number of thiophene rings is 1. The van der Waals surface area contributed by atoms with Crippen LogP contribution in [0, 0.1) is 5.92 Å². The molecule has 0 amide bonds. The van der Waals surface area contributed by atoms with E-state index >= 15 is 0 Å². The molecule has 1 fully saturated rings. The highest BCUT2D eigenvalue weighted by molar-refractivity contribution is 7.91. The second-order valence-corrected chi connectivity index (χ2v) is 8.42. The van der Waals surface area contributed by atoms with Crippen molar-refractivity contribution in [1.29, 1.82) is 0 Å². The number of hydrogen-bond acceptors (Lipinski definition) is 4. The summed E-state index contributed by atoms with van der Waals surface area (Å²) in [5.41, 5.74) is 0. The lowest BCUT2D eigenvalue weighted by atomic mass is 10.0. The summed E-state index contributed by atoms with van der Waals surface area (Å²) in [5.74, 6) is 0.638. The topological polar surface area (TPSA) is 49.4 Å². The molecule has 1 aromatic heterocycles. The van der Waals surface area contributed by atoms with Gasteiger partial charge >= 0.3 is 0 Å². The molecule has 4 nitrogen and oxygen atoms in total. The molecular weight excluding hydrogens is 280 g/mol. The van der Waals surface area contributed by atoms with Crippen LogP contribution in [-0.2, 0) is 16.6 Å². The molecule has 0 saturated carbocycles. The van der Waals surface area contributed by atoms with Crippen LogP contribution in [0.1, 0.15) is 31.6 Å². The molecule has 108 valence electrons. The highest BCUT2D eigenvalue weighted by Gasteiger charge is 2.29. The Kier molecular flexibility index (Phi) is 5.00. The Morgan fingerprint density at radius 2 is 2.05 bits per heavy atom. The summed E-state index contributed by atoms with van der Waals surface area (Å²) in [5, 5.41) is 3.22. The predicted molar refractivity (Wildman–Crippen MR) is 78.9 cm³/mol. The molecule has 1 N–H and O–H groups in total. The molecule has 2 rings (SSSR count). The minimum atomic E-state index is -3.27. The quantitative estimate of drug-likeness (QED) is 0.908. The highest BCUT2D eigenvalue weighted by Crippen LogP contribution is 2.28. The van der Waals surface area contributed by atoms with Gasteiger partial charge in [-0.1, -0.05) is 13.8 Å². The van der Waals surface area contributed by atoms with Gasteiger partial charge in [0.1, 0.15) is 4.21 Å². The van der Waals surface area contributed by atoms with E-state index in [4.69, 9.17) is 0 Å². The minimum Gasteiger partial charge on any atom is -0.312 e. The maximum atomic E-state index is 12.5. The van der Waals surface area contributed by atoms with E-state index in [9.17, 15) is 8.42 Å². The molecule has 1 aliphatic rings. The Morgan fingerprint density at radius 3 is 2.68 bits per heavy atom. The maximum Gasteiger partial charge on any atom is 0.252 e. The van der Waals surface area contributed by atoms with E-state index in [1.807, 2.05) is 13.0 Å². The van der Waals surface area contributed by atoms with Crippen molar-refractivity contribution in [3.05, 3.63) is 17.0 Å². The molecular formula is C13H22N2O2S2. The zero-order chi connectivity index (χ0) is 13.9. The van der Waals surface area contributed by atoms with Gasteiger partial charge in [-0.15, -0.1) is 11.3 Å². The third-order valence-corrected chi connectivity index (χ3v) is 6.97. The van der Waals surface area contributed by atoms with Crippen LogP contribution in [0.15, 0.2) is 16.3 Å². The predicted octanol–water partition coefficient (Wildman–Crippen LogP) is 2.28. The van der Waals surface area contributed by atoms with Crippen LogP contribution < -0.4 is 5.32 Å². The van der Waals surface area contributed by atoms with Crippen molar-refractivity contribution < 1.29 is 8.42 Å². The highest BCUT2D eigenvalue weighted by atomic mass is 32.2.